The van der Waals surface area contributed by atoms with Crippen LogP contribution in [0.15, 0.2) is 5.38 Å². The Morgan fingerprint density at radius 2 is 1.95 bits per heavy atom. The summed E-state index contributed by atoms with van der Waals surface area (Å²) < 4.78 is 24.5. The second-order valence-corrected chi connectivity index (χ2v) is 9.25. The van der Waals surface area contributed by atoms with Gasteiger partial charge in [0.05, 0.1) is 5.69 Å². The molecule has 0 bridgehead atoms. The topological polar surface area (TPSA) is 84.3 Å². The number of carbonyl (C=O) groups is 1. The number of thiazole rings is 1. The quantitative estimate of drug-likeness (QED) is 0.901. The molecular weight excluding hydrogens is 298 g/mol. The van der Waals surface area contributed by atoms with Crippen molar-refractivity contribution in [3.05, 3.63) is 16.1 Å². The molecule has 0 radical (unpaired) electrons. The Kier molecular flexibility index (Phi) is 4.97. The van der Waals surface area contributed by atoms with Crippen molar-refractivity contribution < 1.29 is 18.3 Å². The smallest absolute Gasteiger partial charge is 0.322 e. The first-order chi connectivity index (χ1) is 8.95. The maximum absolute atomic E-state index is 12.2. The van der Waals surface area contributed by atoms with Crippen molar-refractivity contribution in [1.29, 1.82) is 0 Å². The first-order valence-electron chi connectivity index (χ1n) is 6.34. The Hall–Kier alpha value is -0.950. The second-order valence-electron chi connectivity index (χ2n) is 6.19. The molecule has 1 heterocycles. The van der Waals surface area contributed by atoms with Crippen LogP contribution in [0.3, 0.4) is 0 Å². The Bertz CT molecular complexity index is 582. The third-order valence-electron chi connectivity index (χ3n) is 2.88. The van der Waals surface area contributed by atoms with Crippen LogP contribution in [0.4, 0.5) is 0 Å². The van der Waals surface area contributed by atoms with Gasteiger partial charge in [0.2, 0.25) is 0 Å². The molecular formula is C13H21NO4S2. The van der Waals surface area contributed by atoms with Gasteiger partial charge in [-0.05, 0) is 5.92 Å². The molecule has 1 aromatic rings. The van der Waals surface area contributed by atoms with Crippen molar-refractivity contribution in [1.82, 2.24) is 4.98 Å². The van der Waals surface area contributed by atoms with Crippen molar-refractivity contribution >= 4 is 27.1 Å². The lowest BCUT2D eigenvalue weighted by molar-refractivity contribution is -0.137. The van der Waals surface area contributed by atoms with Crippen LogP contribution in [0.1, 0.15) is 45.3 Å². The van der Waals surface area contributed by atoms with E-state index in [0.29, 0.717) is 5.01 Å². The molecule has 0 saturated heterocycles. The van der Waals surface area contributed by atoms with Crippen molar-refractivity contribution in [2.24, 2.45) is 5.92 Å². The maximum Gasteiger partial charge on any atom is 0.322 e. The van der Waals surface area contributed by atoms with E-state index in [2.05, 4.69) is 4.98 Å². The lowest BCUT2D eigenvalue weighted by atomic mass is 9.93. The minimum absolute atomic E-state index is 0.150. The largest absolute Gasteiger partial charge is 0.480 e. The van der Waals surface area contributed by atoms with Gasteiger partial charge in [-0.25, -0.2) is 13.4 Å². The molecule has 0 spiro atoms. The average molecular weight is 319 g/mol. The molecule has 0 aliphatic heterocycles. The van der Waals surface area contributed by atoms with Crippen LogP contribution >= 0.6 is 11.3 Å². The van der Waals surface area contributed by atoms with Crippen molar-refractivity contribution in [2.45, 2.75) is 51.0 Å². The summed E-state index contributed by atoms with van der Waals surface area (Å²) >= 11 is 1.26. The Morgan fingerprint density at radius 1 is 1.40 bits per heavy atom. The average Bonchev–Trinajstić information content (AvgIpc) is 2.61. The highest BCUT2D eigenvalue weighted by Gasteiger charge is 2.36. The van der Waals surface area contributed by atoms with E-state index in [0.717, 1.165) is 5.69 Å². The minimum Gasteiger partial charge on any atom is -0.480 e. The third-order valence-corrected chi connectivity index (χ3v) is 6.11. The number of carboxylic acids is 1. The zero-order valence-corrected chi connectivity index (χ0v) is 14.0. The summed E-state index contributed by atoms with van der Waals surface area (Å²) in [7, 11) is -3.76. The lowest BCUT2D eigenvalue weighted by Crippen LogP contribution is -2.35. The van der Waals surface area contributed by atoms with Crippen LogP contribution in [0.2, 0.25) is 0 Å². The molecule has 5 nitrogen and oxygen atoms in total. The SMILES string of the molecule is CC(C)C(C(=O)O)S(=O)(=O)Cc1nc(C(C)(C)C)cs1. The lowest BCUT2D eigenvalue weighted by Gasteiger charge is -2.16. The highest BCUT2D eigenvalue weighted by atomic mass is 32.2. The molecule has 0 aromatic carbocycles. The molecule has 0 aliphatic carbocycles. The van der Waals surface area contributed by atoms with Crippen LogP contribution in [0.25, 0.3) is 0 Å². The van der Waals surface area contributed by atoms with Gasteiger partial charge < -0.3 is 5.11 Å². The monoisotopic (exact) mass is 319 g/mol. The zero-order valence-electron chi connectivity index (χ0n) is 12.4. The normalized spacial score (nSPS) is 14.5. The van der Waals surface area contributed by atoms with Gasteiger partial charge in [-0.15, -0.1) is 11.3 Å². The molecule has 1 unspecified atom stereocenters. The second kappa shape index (κ2) is 5.81. The fourth-order valence-corrected chi connectivity index (χ4v) is 5.13. The van der Waals surface area contributed by atoms with Gasteiger partial charge in [0.25, 0.3) is 0 Å². The Balaban J connectivity index is 3.02. The van der Waals surface area contributed by atoms with Crippen LogP contribution in [-0.2, 0) is 25.8 Å². The van der Waals surface area contributed by atoms with Gasteiger partial charge in [0, 0.05) is 10.8 Å². The predicted molar refractivity (Wildman–Crippen MR) is 79.7 cm³/mol. The number of aromatic nitrogens is 1. The third kappa shape index (κ3) is 4.02. The van der Waals surface area contributed by atoms with Crippen LogP contribution < -0.4 is 0 Å². The van der Waals surface area contributed by atoms with E-state index in [1.54, 1.807) is 13.8 Å². The first-order valence-corrected chi connectivity index (χ1v) is 8.94. The van der Waals surface area contributed by atoms with Crippen molar-refractivity contribution in [3.8, 4) is 0 Å². The standard InChI is InChI=1S/C13H21NO4S2/c1-8(2)11(12(15)16)20(17,18)7-10-14-9(6-19-10)13(3,4)5/h6,8,11H,7H2,1-5H3,(H,15,16). The molecule has 0 saturated carbocycles. The summed E-state index contributed by atoms with van der Waals surface area (Å²) in [6.07, 6.45) is 0. The maximum atomic E-state index is 12.2. The van der Waals surface area contributed by atoms with Gasteiger partial charge in [-0.1, -0.05) is 34.6 Å². The number of hydrogen-bond donors (Lipinski definition) is 1. The van der Waals surface area contributed by atoms with Gasteiger partial charge >= 0.3 is 5.97 Å². The van der Waals surface area contributed by atoms with E-state index >= 15 is 0 Å². The molecule has 20 heavy (non-hydrogen) atoms. The number of rotatable bonds is 5. The zero-order chi connectivity index (χ0) is 15.7. The molecule has 1 N–H and O–H groups in total. The highest BCUT2D eigenvalue weighted by molar-refractivity contribution is 7.92. The molecule has 1 atom stereocenters. The summed E-state index contributed by atoms with van der Waals surface area (Å²) in [4.78, 5) is 15.5. The fraction of sp³-hybridized carbons (Fsp3) is 0.692. The van der Waals surface area contributed by atoms with E-state index < -0.39 is 27.0 Å². The molecule has 114 valence electrons. The molecule has 7 heteroatoms. The fourth-order valence-electron chi connectivity index (χ4n) is 1.84. The highest BCUT2D eigenvalue weighted by Crippen LogP contribution is 2.26. The van der Waals surface area contributed by atoms with E-state index in [1.807, 2.05) is 26.2 Å². The molecule has 0 fully saturated rings. The molecule has 1 aromatic heterocycles. The number of aliphatic carboxylic acids is 1. The number of carboxylic acid groups (broad SMARTS) is 1. The van der Waals surface area contributed by atoms with Gasteiger partial charge in [-0.2, -0.15) is 0 Å². The van der Waals surface area contributed by atoms with E-state index in [4.69, 9.17) is 5.11 Å². The molecule has 0 amide bonds. The van der Waals surface area contributed by atoms with E-state index in [1.165, 1.54) is 11.3 Å². The molecule has 1 rings (SSSR count). The summed E-state index contributed by atoms with van der Waals surface area (Å²) in [5.41, 5.74) is 0.673. The van der Waals surface area contributed by atoms with Crippen LogP contribution in [0.5, 0.6) is 0 Å². The summed E-state index contributed by atoms with van der Waals surface area (Å²) in [5.74, 6) is -2.09. The van der Waals surface area contributed by atoms with Crippen LogP contribution in [-0.4, -0.2) is 29.7 Å². The Morgan fingerprint density at radius 3 is 2.30 bits per heavy atom. The number of hydrogen-bond acceptors (Lipinski definition) is 5. The van der Waals surface area contributed by atoms with Crippen LogP contribution in [0, 0.1) is 5.92 Å². The van der Waals surface area contributed by atoms with Crippen molar-refractivity contribution in [2.75, 3.05) is 0 Å². The van der Waals surface area contributed by atoms with Crippen molar-refractivity contribution in [3.63, 3.8) is 0 Å². The minimum atomic E-state index is -3.76. The summed E-state index contributed by atoms with van der Waals surface area (Å²) in [6, 6.07) is 0. The first kappa shape index (κ1) is 17.1. The van der Waals surface area contributed by atoms with E-state index in [9.17, 15) is 13.2 Å². The number of nitrogens with zero attached hydrogens (tertiary/aromatic N) is 1. The molecule has 0 aliphatic rings. The summed E-state index contributed by atoms with van der Waals surface area (Å²) in [5, 5.41) is 9.99. The number of sulfone groups is 1. The predicted octanol–water partition coefficient (Wildman–Crippen LogP) is 2.46. The van der Waals surface area contributed by atoms with Gasteiger partial charge in [0.15, 0.2) is 15.1 Å². The van der Waals surface area contributed by atoms with Gasteiger partial charge in [0.1, 0.15) is 10.8 Å². The van der Waals surface area contributed by atoms with E-state index in [-0.39, 0.29) is 11.2 Å². The summed E-state index contributed by atoms with van der Waals surface area (Å²) in [6.45, 7) is 9.18. The van der Waals surface area contributed by atoms with Gasteiger partial charge in [-0.3, -0.25) is 4.79 Å². The Labute approximate surface area is 124 Å².